The summed E-state index contributed by atoms with van der Waals surface area (Å²) in [5.74, 6) is -0.339. The molecule has 6 aromatic rings. The predicted octanol–water partition coefficient (Wildman–Crippen LogP) is 4.70. The number of pyridine rings is 3. The van der Waals surface area contributed by atoms with Gasteiger partial charge in [0.2, 0.25) is 0 Å². The molecule has 0 aliphatic carbocycles. The summed E-state index contributed by atoms with van der Waals surface area (Å²) >= 11 is 0. The number of benzene rings is 2. The fourth-order valence-electron chi connectivity index (χ4n) is 4.54. The van der Waals surface area contributed by atoms with Gasteiger partial charge in [0.15, 0.2) is 5.65 Å². The van der Waals surface area contributed by atoms with Crippen LogP contribution in [0.2, 0.25) is 0 Å². The van der Waals surface area contributed by atoms with E-state index in [9.17, 15) is 13.2 Å². The number of nitrogens with zero attached hydrogens (tertiary/aromatic N) is 4. The summed E-state index contributed by atoms with van der Waals surface area (Å²) in [6.07, 6.45) is 7.86. The van der Waals surface area contributed by atoms with Crippen LogP contribution in [0.15, 0.2) is 103 Å². The number of hydrogen-bond donors (Lipinski definition) is 2. The van der Waals surface area contributed by atoms with Gasteiger partial charge in [0.05, 0.1) is 27.9 Å². The van der Waals surface area contributed by atoms with Crippen molar-refractivity contribution in [3.8, 4) is 11.1 Å². The summed E-state index contributed by atoms with van der Waals surface area (Å²) in [7, 11) is -3.98. The zero-order chi connectivity index (χ0) is 27.9. The third-order valence-corrected chi connectivity index (χ3v) is 8.31. The van der Waals surface area contributed by atoms with Crippen LogP contribution in [-0.2, 0) is 16.6 Å². The molecule has 198 valence electrons. The van der Waals surface area contributed by atoms with Gasteiger partial charge in [-0.15, -0.1) is 0 Å². The number of rotatable bonds is 6. The lowest BCUT2D eigenvalue weighted by Gasteiger charge is -2.08. The van der Waals surface area contributed by atoms with Gasteiger partial charge in [-0.2, -0.15) is 0 Å². The molecule has 0 unspecified atom stereocenters. The summed E-state index contributed by atoms with van der Waals surface area (Å²) < 4.78 is 28.7. The lowest BCUT2D eigenvalue weighted by molar-refractivity contribution is 0.0950. The molecule has 4 aromatic heterocycles. The molecule has 0 saturated carbocycles. The fourth-order valence-corrected chi connectivity index (χ4v) is 5.87. The molecular weight excluding hydrogens is 524 g/mol. The number of aryl methyl sites for hydroxylation is 1. The van der Waals surface area contributed by atoms with Gasteiger partial charge in [-0.3, -0.25) is 14.8 Å². The Morgan fingerprint density at radius 1 is 0.975 bits per heavy atom. The molecule has 3 N–H and O–H groups in total. The molecule has 40 heavy (non-hydrogen) atoms. The minimum Gasteiger partial charge on any atom is -0.397 e. The lowest BCUT2D eigenvalue weighted by Crippen LogP contribution is -2.23. The van der Waals surface area contributed by atoms with E-state index in [2.05, 4.69) is 20.3 Å². The zero-order valence-corrected chi connectivity index (χ0v) is 22.3. The van der Waals surface area contributed by atoms with Crippen LogP contribution in [-0.4, -0.2) is 33.2 Å². The second-order valence-corrected chi connectivity index (χ2v) is 11.3. The number of anilines is 1. The van der Waals surface area contributed by atoms with Crippen molar-refractivity contribution in [3.05, 3.63) is 114 Å². The first-order valence-corrected chi connectivity index (χ1v) is 13.9. The van der Waals surface area contributed by atoms with Gasteiger partial charge < -0.3 is 11.1 Å². The Bertz CT molecular complexity index is 2000. The van der Waals surface area contributed by atoms with Gasteiger partial charge in [-0.1, -0.05) is 29.8 Å². The molecule has 0 aliphatic heterocycles. The molecule has 0 atom stereocenters. The monoisotopic (exact) mass is 548 g/mol. The molecule has 0 radical (unpaired) electrons. The molecule has 9 nitrogen and oxygen atoms in total. The topological polar surface area (TPSA) is 133 Å². The maximum Gasteiger partial charge on any atom is 0.269 e. The number of nitrogens with one attached hydrogen (secondary N) is 1. The Balaban J connectivity index is 1.49. The molecule has 2 aromatic carbocycles. The van der Waals surface area contributed by atoms with Crippen molar-refractivity contribution in [2.75, 3.05) is 5.73 Å². The summed E-state index contributed by atoms with van der Waals surface area (Å²) in [5, 5.41) is 4.19. The van der Waals surface area contributed by atoms with Gasteiger partial charge in [0.25, 0.3) is 15.9 Å². The number of nitrogens with two attached hydrogens (primary N) is 1. The first kappa shape index (κ1) is 25.2. The molecule has 0 saturated heterocycles. The van der Waals surface area contributed by atoms with Gasteiger partial charge >= 0.3 is 0 Å². The average molecular weight is 549 g/mol. The number of aromatic nitrogens is 4. The van der Waals surface area contributed by atoms with Crippen molar-refractivity contribution in [1.29, 1.82) is 0 Å². The number of hydrogen-bond acceptors (Lipinski definition) is 7. The van der Waals surface area contributed by atoms with Crippen molar-refractivity contribution in [3.63, 3.8) is 0 Å². The van der Waals surface area contributed by atoms with Crippen LogP contribution in [0.25, 0.3) is 33.1 Å². The SMILES string of the molecule is Cc1ccc(S(=O)(=O)n2cc(-c3ccc4ncc(N)cc4c3)c3cc(C(=O)NCc4cccnc4)cnc32)cc1. The second-order valence-electron chi connectivity index (χ2n) is 9.47. The first-order valence-electron chi connectivity index (χ1n) is 12.5. The van der Waals surface area contributed by atoms with E-state index in [4.69, 9.17) is 5.73 Å². The molecule has 0 aliphatic rings. The van der Waals surface area contributed by atoms with Crippen molar-refractivity contribution in [1.82, 2.24) is 24.2 Å². The van der Waals surface area contributed by atoms with Crippen molar-refractivity contribution in [2.45, 2.75) is 18.4 Å². The second kappa shape index (κ2) is 9.90. The van der Waals surface area contributed by atoms with Crippen molar-refractivity contribution in [2.24, 2.45) is 0 Å². The Morgan fingerprint density at radius 2 is 1.80 bits per heavy atom. The largest absolute Gasteiger partial charge is 0.397 e. The van der Waals surface area contributed by atoms with Crippen LogP contribution in [0.3, 0.4) is 0 Å². The molecular formula is C30H24N6O3S. The number of fused-ring (bicyclic) bond motifs is 2. The van der Waals surface area contributed by atoms with E-state index < -0.39 is 10.0 Å². The Kier molecular flexibility index (Phi) is 6.24. The molecule has 1 amide bonds. The number of amides is 1. The van der Waals surface area contributed by atoms with E-state index >= 15 is 0 Å². The smallest absolute Gasteiger partial charge is 0.269 e. The average Bonchev–Trinajstić information content (AvgIpc) is 3.36. The van der Waals surface area contributed by atoms with Crippen LogP contribution in [0.4, 0.5) is 5.69 Å². The highest BCUT2D eigenvalue weighted by atomic mass is 32.2. The van der Waals surface area contributed by atoms with Crippen molar-refractivity contribution < 1.29 is 13.2 Å². The van der Waals surface area contributed by atoms with Gasteiger partial charge in [-0.25, -0.2) is 17.4 Å². The van der Waals surface area contributed by atoms with Crippen LogP contribution >= 0.6 is 0 Å². The molecule has 4 heterocycles. The third-order valence-electron chi connectivity index (χ3n) is 6.64. The highest BCUT2D eigenvalue weighted by Gasteiger charge is 2.24. The summed E-state index contributed by atoms with van der Waals surface area (Å²) in [6, 6.07) is 19.4. The Hall–Kier alpha value is -5.09. The van der Waals surface area contributed by atoms with Gasteiger partial charge in [-0.05, 0) is 60.5 Å². The zero-order valence-electron chi connectivity index (χ0n) is 21.4. The van der Waals surface area contributed by atoms with Gasteiger partial charge in [0, 0.05) is 47.7 Å². The van der Waals surface area contributed by atoms with Crippen LogP contribution in [0.1, 0.15) is 21.5 Å². The van der Waals surface area contributed by atoms with Crippen LogP contribution in [0, 0.1) is 6.92 Å². The van der Waals surface area contributed by atoms with Crippen molar-refractivity contribution >= 4 is 43.6 Å². The summed E-state index contributed by atoms with van der Waals surface area (Å²) in [6.45, 7) is 2.18. The van der Waals surface area contributed by atoms with Crippen LogP contribution in [0.5, 0.6) is 0 Å². The van der Waals surface area contributed by atoms with E-state index in [0.717, 1.165) is 27.6 Å². The maximum absolute atomic E-state index is 13.8. The quantitative estimate of drug-likeness (QED) is 0.308. The Labute approximate surface area is 230 Å². The Morgan fingerprint density at radius 3 is 2.58 bits per heavy atom. The summed E-state index contributed by atoms with van der Waals surface area (Å²) in [5.41, 5.74) is 10.9. The van der Waals surface area contributed by atoms with E-state index in [1.807, 2.05) is 37.3 Å². The highest BCUT2D eigenvalue weighted by Crippen LogP contribution is 2.34. The maximum atomic E-state index is 13.8. The fraction of sp³-hybridized carbons (Fsp3) is 0.0667. The number of carbonyl (C=O) groups is 1. The molecule has 0 spiro atoms. The minimum absolute atomic E-state index is 0.136. The normalized spacial score (nSPS) is 11.6. The van der Waals surface area contributed by atoms with E-state index in [0.29, 0.717) is 28.7 Å². The van der Waals surface area contributed by atoms with E-state index in [1.165, 1.54) is 10.2 Å². The summed E-state index contributed by atoms with van der Waals surface area (Å²) in [4.78, 5) is 26.1. The molecule has 0 bridgehead atoms. The molecule has 6 rings (SSSR count). The number of carbonyl (C=O) groups excluding carboxylic acids is 1. The standard InChI is InChI=1S/C30H24N6O3S/c1-19-4-7-25(8-5-19)40(38,39)36-18-27(21-6-9-28-22(11-21)12-24(31)17-33-28)26-13-23(16-34-29(26)36)30(37)35-15-20-3-2-10-32-14-20/h2-14,16-18H,15,31H2,1H3,(H,35,37). The molecule has 0 fully saturated rings. The number of nitrogen functional groups attached to an aromatic ring is 1. The van der Waals surface area contributed by atoms with E-state index in [1.54, 1.807) is 61.2 Å². The third kappa shape index (κ3) is 4.65. The van der Waals surface area contributed by atoms with Crippen LogP contribution < -0.4 is 11.1 Å². The minimum atomic E-state index is -3.98. The van der Waals surface area contributed by atoms with Gasteiger partial charge in [0.1, 0.15) is 0 Å². The lowest BCUT2D eigenvalue weighted by atomic mass is 10.0. The highest BCUT2D eigenvalue weighted by molar-refractivity contribution is 7.90. The predicted molar refractivity (Wildman–Crippen MR) is 154 cm³/mol. The molecule has 10 heteroatoms. The van der Waals surface area contributed by atoms with E-state index in [-0.39, 0.29) is 16.4 Å². The first-order chi connectivity index (χ1) is 19.3.